The lowest BCUT2D eigenvalue weighted by Gasteiger charge is -2.21. The number of rotatable bonds is 7. The maximum absolute atomic E-state index is 11.9. The molecule has 0 radical (unpaired) electrons. The van der Waals surface area contributed by atoms with E-state index in [1.54, 1.807) is 6.08 Å². The standard InChI is InChI=1S/C22H23N3O4/c26-21(25-29-22-10-3-4-13-27-22)12-11-16-6-5-7-17(14-16)28-15-20-23-18-8-1-2-9-19(18)24-20/h1-2,5-9,11-12,14,22H,3-4,10,13,15H2,(H,23,24)(H,25,26). The minimum atomic E-state index is -0.365. The molecule has 2 heterocycles. The van der Waals surface area contributed by atoms with Crippen molar-refractivity contribution in [3.63, 3.8) is 0 Å². The van der Waals surface area contributed by atoms with Crippen molar-refractivity contribution in [3.05, 3.63) is 66.0 Å². The molecule has 0 spiro atoms. The molecule has 1 aliphatic heterocycles. The van der Waals surface area contributed by atoms with Gasteiger partial charge in [-0.3, -0.25) is 4.79 Å². The molecular weight excluding hydrogens is 370 g/mol. The van der Waals surface area contributed by atoms with Crippen LogP contribution >= 0.6 is 0 Å². The predicted molar refractivity (Wildman–Crippen MR) is 109 cm³/mol. The Kier molecular flexibility index (Phi) is 6.19. The minimum absolute atomic E-state index is 0.331. The number of benzene rings is 2. The van der Waals surface area contributed by atoms with E-state index in [0.29, 0.717) is 19.0 Å². The van der Waals surface area contributed by atoms with Gasteiger partial charge >= 0.3 is 0 Å². The van der Waals surface area contributed by atoms with Crippen molar-refractivity contribution >= 4 is 23.0 Å². The van der Waals surface area contributed by atoms with E-state index in [1.165, 1.54) is 6.08 Å². The van der Waals surface area contributed by atoms with Crippen LogP contribution < -0.4 is 10.2 Å². The predicted octanol–water partition coefficient (Wildman–Crippen LogP) is 3.73. The summed E-state index contributed by atoms with van der Waals surface area (Å²) in [5.41, 5.74) is 5.14. The second-order valence-corrected chi connectivity index (χ2v) is 6.78. The summed E-state index contributed by atoms with van der Waals surface area (Å²) in [5, 5.41) is 0. The second-order valence-electron chi connectivity index (χ2n) is 6.78. The fourth-order valence-electron chi connectivity index (χ4n) is 3.07. The summed E-state index contributed by atoms with van der Waals surface area (Å²) in [7, 11) is 0. The monoisotopic (exact) mass is 393 g/mol. The molecule has 1 atom stereocenters. The zero-order chi connectivity index (χ0) is 19.9. The summed E-state index contributed by atoms with van der Waals surface area (Å²) in [6.07, 6.45) is 5.61. The number of ether oxygens (including phenoxy) is 2. The Hall–Kier alpha value is -3.16. The molecule has 4 rings (SSSR count). The van der Waals surface area contributed by atoms with Crippen molar-refractivity contribution in [1.82, 2.24) is 15.4 Å². The van der Waals surface area contributed by atoms with Gasteiger partial charge in [-0.05, 0) is 48.7 Å². The number of aromatic amines is 1. The first-order valence-electron chi connectivity index (χ1n) is 9.68. The van der Waals surface area contributed by atoms with Crippen LogP contribution in [-0.4, -0.2) is 28.8 Å². The Morgan fingerprint density at radius 3 is 3.03 bits per heavy atom. The number of amides is 1. The first-order chi connectivity index (χ1) is 14.3. The van der Waals surface area contributed by atoms with Gasteiger partial charge in [-0.15, -0.1) is 0 Å². The smallest absolute Gasteiger partial charge is 0.267 e. The van der Waals surface area contributed by atoms with E-state index >= 15 is 0 Å². The van der Waals surface area contributed by atoms with Gasteiger partial charge in [0.25, 0.3) is 5.91 Å². The lowest BCUT2D eigenvalue weighted by Crippen LogP contribution is -2.32. The number of nitrogens with zero attached hydrogens (tertiary/aromatic N) is 1. The molecule has 1 saturated heterocycles. The number of hydroxylamine groups is 1. The van der Waals surface area contributed by atoms with Gasteiger partial charge in [0, 0.05) is 19.1 Å². The average molecular weight is 393 g/mol. The Labute approximate surface area is 168 Å². The molecule has 7 heteroatoms. The third kappa shape index (κ3) is 5.43. The van der Waals surface area contributed by atoms with E-state index in [-0.39, 0.29) is 12.2 Å². The van der Waals surface area contributed by atoms with Crippen LogP contribution in [0, 0.1) is 0 Å². The number of aromatic nitrogens is 2. The molecule has 0 saturated carbocycles. The highest BCUT2D eigenvalue weighted by Crippen LogP contribution is 2.17. The Morgan fingerprint density at radius 2 is 2.17 bits per heavy atom. The summed E-state index contributed by atoms with van der Waals surface area (Å²) >= 11 is 0. The van der Waals surface area contributed by atoms with Crippen molar-refractivity contribution in [2.75, 3.05) is 6.61 Å². The third-order valence-electron chi connectivity index (χ3n) is 4.53. The van der Waals surface area contributed by atoms with Crippen molar-refractivity contribution in [1.29, 1.82) is 0 Å². The highest BCUT2D eigenvalue weighted by molar-refractivity contribution is 5.91. The fraction of sp³-hybridized carbons (Fsp3) is 0.273. The molecule has 1 amide bonds. The van der Waals surface area contributed by atoms with Crippen molar-refractivity contribution in [2.45, 2.75) is 32.2 Å². The molecule has 150 valence electrons. The van der Waals surface area contributed by atoms with Crippen LogP contribution in [0.2, 0.25) is 0 Å². The molecule has 0 aliphatic carbocycles. The number of carbonyl (C=O) groups excluding carboxylic acids is 1. The lowest BCUT2D eigenvalue weighted by atomic mass is 10.2. The van der Waals surface area contributed by atoms with Crippen LogP contribution in [0.25, 0.3) is 17.1 Å². The summed E-state index contributed by atoms with van der Waals surface area (Å²) in [6, 6.07) is 15.3. The summed E-state index contributed by atoms with van der Waals surface area (Å²) in [5.74, 6) is 1.11. The maximum atomic E-state index is 11.9. The molecule has 2 aromatic carbocycles. The number of hydrogen-bond acceptors (Lipinski definition) is 5. The van der Waals surface area contributed by atoms with E-state index < -0.39 is 0 Å². The molecule has 1 unspecified atom stereocenters. The molecule has 1 aliphatic rings. The van der Waals surface area contributed by atoms with Gasteiger partial charge in [0.05, 0.1) is 11.0 Å². The number of carbonyl (C=O) groups is 1. The van der Waals surface area contributed by atoms with Crippen LogP contribution in [0.1, 0.15) is 30.7 Å². The van der Waals surface area contributed by atoms with Crippen molar-refractivity contribution < 1.29 is 19.1 Å². The van der Waals surface area contributed by atoms with Gasteiger partial charge in [-0.1, -0.05) is 24.3 Å². The lowest BCUT2D eigenvalue weighted by molar-refractivity contribution is -0.198. The first-order valence-corrected chi connectivity index (χ1v) is 9.68. The van der Waals surface area contributed by atoms with Gasteiger partial charge in [0.2, 0.25) is 0 Å². The van der Waals surface area contributed by atoms with Gasteiger partial charge in [0.1, 0.15) is 18.2 Å². The molecular formula is C22H23N3O4. The van der Waals surface area contributed by atoms with Gasteiger partial charge in [0.15, 0.2) is 6.29 Å². The largest absolute Gasteiger partial charge is 0.486 e. The summed E-state index contributed by atoms with van der Waals surface area (Å²) < 4.78 is 11.2. The normalized spacial score (nSPS) is 16.9. The summed E-state index contributed by atoms with van der Waals surface area (Å²) in [6.45, 7) is 0.995. The Morgan fingerprint density at radius 1 is 1.24 bits per heavy atom. The molecule has 2 N–H and O–H groups in total. The molecule has 1 fully saturated rings. The maximum Gasteiger partial charge on any atom is 0.267 e. The number of imidazole rings is 1. The topological polar surface area (TPSA) is 85.5 Å². The van der Waals surface area contributed by atoms with Crippen molar-refractivity contribution in [2.24, 2.45) is 0 Å². The number of para-hydroxylation sites is 2. The molecule has 29 heavy (non-hydrogen) atoms. The highest BCUT2D eigenvalue weighted by atomic mass is 16.8. The van der Waals surface area contributed by atoms with Crippen LogP contribution in [-0.2, 0) is 21.0 Å². The molecule has 1 aromatic heterocycles. The van der Waals surface area contributed by atoms with Crippen molar-refractivity contribution in [3.8, 4) is 5.75 Å². The fourth-order valence-corrected chi connectivity index (χ4v) is 3.07. The van der Waals surface area contributed by atoms with Gasteiger partial charge in [-0.2, -0.15) is 0 Å². The van der Waals surface area contributed by atoms with E-state index in [9.17, 15) is 4.79 Å². The van der Waals surface area contributed by atoms with E-state index in [0.717, 1.165) is 41.7 Å². The number of H-pyrrole nitrogens is 1. The van der Waals surface area contributed by atoms with Crippen LogP contribution in [0.5, 0.6) is 5.75 Å². The van der Waals surface area contributed by atoms with Crippen LogP contribution in [0.15, 0.2) is 54.6 Å². The number of fused-ring (bicyclic) bond motifs is 1. The van der Waals surface area contributed by atoms with Crippen LogP contribution in [0.3, 0.4) is 0 Å². The molecule has 7 nitrogen and oxygen atoms in total. The molecule has 0 bridgehead atoms. The van der Waals surface area contributed by atoms with E-state index in [1.807, 2.05) is 48.5 Å². The summed E-state index contributed by atoms with van der Waals surface area (Å²) in [4.78, 5) is 24.9. The quantitative estimate of drug-likeness (QED) is 0.472. The zero-order valence-electron chi connectivity index (χ0n) is 16.0. The minimum Gasteiger partial charge on any atom is -0.486 e. The third-order valence-corrected chi connectivity index (χ3v) is 4.53. The van der Waals surface area contributed by atoms with Gasteiger partial charge < -0.3 is 14.5 Å². The van der Waals surface area contributed by atoms with E-state index in [2.05, 4.69) is 15.4 Å². The van der Waals surface area contributed by atoms with Gasteiger partial charge in [-0.25, -0.2) is 15.3 Å². The van der Waals surface area contributed by atoms with E-state index in [4.69, 9.17) is 14.3 Å². The Bertz CT molecular complexity index is 959. The second kappa shape index (κ2) is 9.36. The highest BCUT2D eigenvalue weighted by Gasteiger charge is 2.14. The number of nitrogens with one attached hydrogen (secondary N) is 2. The average Bonchev–Trinajstić information content (AvgIpc) is 3.19. The number of hydrogen-bond donors (Lipinski definition) is 2. The molecule has 3 aromatic rings. The zero-order valence-corrected chi connectivity index (χ0v) is 16.0. The van der Waals surface area contributed by atoms with Crippen LogP contribution in [0.4, 0.5) is 0 Å². The Balaban J connectivity index is 1.29. The first kappa shape index (κ1) is 19.2. The SMILES string of the molecule is O=C(C=Cc1cccc(OCc2nc3ccccc3[nH]2)c1)NOC1CCCCO1.